The molecule has 2 rings (SSSR count). The zero-order chi connectivity index (χ0) is 11.5. The van der Waals surface area contributed by atoms with Gasteiger partial charge >= 0.3 is 0 Å². The highest BCUT2D eigenvalue weighted by Gasteiger charge is 2.12. The van der Waals surface area contributed by atoms with Crippen LogP contribution in [0.5, 0.6) is 0 Å². The normalized spacial score (nSPS) is 10.6. The summed E-state index contributed by atoms with van der Waals surface area (Å²) in [6.07, 6.45) is 0. The summed E-state index contributed by atoms with van der Waals surface area (Å²) in [6, 6.07) is 5.53. The number of nitrogens with zero attached hydrogens (tertiary/aromatic N) is 2. The first kappa shape index (κ1) is 11.1. The van der Waals surface area contributed by atoms with Crippen molar-refractivity contribution in [1.82, 2.24) is 10.1 Å². The van der Waals surface area contributed by atoms with Gasteiger partial charge in [0, 0.05) is 11.6 Å². The van der Waals surface area contributed by atoms with E-state index < -0.39 is 0 Å². The maximum absolute atomic E-state index is 5.89. The van der Waals surface area contributed by atoms with Crippen molar-refractivity contribution in [2.75, 3.05) is 12.8 Å². The van der Waals surface area contributed by atoms with Crippen molar-refractivity contribution in [2.24, 2.45) is 0 Å². The molecule has 0 aliphatic heterocycles. The van der Waals surface area contributed by atoms with Crippen LogP contribution >= 0.6 is 15.9 Å². The van der Waals surface area contributed by atoms with Gasteiger partial charge in [-0.3, -0.25) is 0 Å². The Labute approximate surface area is 101 Å². The third-order valence-corrected chi connectivity index (χ3v) is 2.72. The molecule has 16 heavy (non-hydrogen) atoms. The second kappa shape index (κ2) is 4.63. The summed E-state index contributed by atoms with van der Waals surface area (Å²) in [7, 11) is 1.57. The van der Waals surface area contributed by atoms with Crippen LogP contribution in [0.1, 0.15) is 5.82 Å². The van der Waals surface area contributed by atoms with Crippen LogP contribution in [-0.2, 0) is 11.3 Å². The number of methoxy groups -OCH3 is 1. The first-order valence-corrected chi connectivity index (χ1v) is 5.37. The average Bonchev–Trinajstić information content (AvgIpc) is 2.71. The lowest BCUT2D eigenvalue weighted by Crippen LogP contribution is -1.92. The zero-order valence-corrected chi connectivity index (χ0v) is 10.2. The van der Waals surface area contributed by atoms with Crippen LogP contribution in [0.25, 0.3) is 11.5 Å². The van der Waals surface area contributed by atoms with E-state index in [0.29, 0.717) is 29.6 Å². The molecule has 0 amide bonds. The molecule has 0 fully saturated rings. The molecule has 1 heterocycles. The first-order valence-electron chi connectivity index (χ1n) is 4.58. The van der Waals surface area contributed by atoms with Gasteiger partial charge in [-0.1, -0.05) is 11.2 Å². The topological polar surface area (TPSA) is 74.2 Å². The van der Waals surface area contributed by atoms with Gasteiger partial charge in [0.2, 0.25) is 0 Å². The van der Waals surface area contributed by atoms with Crippen LogP contribution in [0.4, 0.5) is 5.69 Å². The molecule has 2 N–H and O–H groups in total. The molecular weight excluding hydrogens is 274 g/mol. The fourth-order valence-electron chi connectivity index (χ4n) is 1.27. The number of hydrogen-bond acceptors (Lipinski definition) is 5. The number of nitrogen functional groups attached to an aromatic ring is 1. The third-order valence-electron chi connectivity index (χ3n) is 2.02. The van der Waals surface area contributed by atoms with Crippen molar-refractivity contribution < 1.29 is 9.26 Å². The van der Waals surface area contributed by atoms with Crippen molar-refractivity contribution in [3.63, 3.8) is 0 Å². The molecule has 0 bridgehead atoms. The molecule has 0 spiro atoms. The molecule has 1 aromatic carbocycles. The van der Waals surface area contributed by atoms with Crippen LogP contribution < -0.4 is 5.73 Å². The molecule has 1 aromatic heterocycles. The standard InChI is InChI=1S/C10H10BrN3O2/c1-15-5-8-13-10(16-14-8)6-3-2-4-7(11)9(6)12/h2-4H,5,12H2,1H3. The molecule has 0 radical (unpaired) electrons. The quantitative estimate of drug-likeness (QED) is 0.875. The molecule has 0 aliphatic carbocycles. The van der Waals surface area contributed by atoms with Crippen LogP contribution in [0, 0.1) is 0 Å². The molecule has 84 valence electrons. The minimum absolute atomic E-state index is 0.317. The second-order valence-electron chi connectivity index (χ2n) is 3.15. The minimum Gasteiger partial charge on any atom is -0.397 e. The van der Waals surface area contributed by atoms with Gasteiger partial charge in [0.25, 0.3) is 5.89 Å². The van der Waals surface area contributed by atoms with Gasteiger partial charge in [-0.05, 0) is 28.1 Å². The highest BCUT2D eigenvalue weighted by atomic mass is 79.9. The van der Waals surface area contributed by atoms with Gasteiger partial charge in [0.1, 0.15) is 6.61 Å². The molecule has 2 aromatic rings. The van der Waals surface area contributed by atoms with E-state index in [1.807, 2.05) is 18.2 Å². The van der Waals surface area contributed by atoms with Gasteiger partial charge in [0.15, 0.2) is 5.82 Å². The Morgan fingerprint density at radius 3 is 3.06 bits per heavy atom. The van der Waals surface area contributed by atoms with Crippen LogP contribution in [-0.4, -0.2) is 17.3 Å². The molecule has 5 nitrogen and oxygen atoms in total. The Hall–Kier alpha value is -1.40. The summed E-state index contributed by atoms with van der Waals surface area (Å²) in [5.74, 6) is 0.891. The van der Waals surface area contributed by atoms with Crippen LogP contribution in [0.2, 0.25) is 0 Å². The summed E-state index contributed by atoms with van der Waals surface area (Å²) >= 11 is 3.34. The van der Waals surface area contributed by atoms with E-state index in [2.05, 4.69) is 26.1 Å². The maximum Gasteiger partial charge on any atom is 0.260 e. The highest BCUT2D eigenvalue weighted by molar-refractivity contribution is 9.10. The fraction of sp³-hybridized carbons (Fsp3) is 0.200. The number of para-hydroxylation sites is 1. The minimum atomic E-state index is 0.317. The van der Waals surface area contributed by atoms with E-state index in [-0.39, 0.29) is 0 Å². The number of halogens is 1. The Bertz CT molecular complexity index is 499. The van der Waals surface area contributed by atoms with E-state index in [0.717, 1.165) is 4.47 Å². The number of aromatic nitrogens is 2. The Balaban J connectivity index is 2.39. The summed E-state index contributed by atoms with van der Waals surface area (Å²) < 4.78 is 10.8. The largest absolute Gasteiger partial charge is 0.397 e. The smallest absolute Gasteiger partial charge is 0.260 e. The summed E-state index contributed by atoms with van der Waals surface area (Å²) in [6.45, 7) is 0.317. The maximum atomic E-state index is 5.89. The molecule has 0 aliphatic rings. The molecule has 0 saturated carbocycles. The predicted octanol–water partition coefficient (Wildman–Crippen LogP) is 2.23. The van der Waals surface area contributed by atoms with Gasteiger partial charge in [-0.2, -0.15) is 4.98 Å². The van der Waals surface area contributed by atoms with Crippen molar-refractivity contribution in [1.29, 1.82) is 0 Å². The zero-order valence-electron chi connectivity index (χ0n) is 8.61. The lowest BCUT2D eigenvalue weighted by Gasteiger charge is -2.01. The Morgan fingerprint density at radius 1 is 1.50 bits per heavy atom. The average molecular weight is 284 g/mol. The Morgan fingerprint density at radius 2 is 2.31 bits per heavy atom. The van der Waals surface area contributed by atoms with E-state index in [9.17, 15) is 0 Å². The number of ether oxygens (including phenoxy) is 1. The van der Waals surface area contributed by atoms with Gasteiger partial charge < -0.3 is 15.0 Å². The number of benzene rings is 1. The first-order chi connectivity index (χ1) is 7.72. The fourth-order valence-corrected chi connectivity index (χ4v) is 1.64. The lowest BCUT2D eigenvalue weighted by molar-refractivity contribution is 0.174. The van der Waals surface area contributed by atoms with Crippen molar-refractivity contribution in [2.45, 2.75) is 6.61 Å². The molecule has 0 unspecified atom stereocenters. The lowest BCUT2D eigenvalue weighted by atomic mass is 10.2. The van der Waals surface area contributed by atoms with Crippen LogP contribution in [0.3, 0.4) is 0 Å². The van der Waals surface area contributed by atoms with E-state index in [4.69, 9.17) is 15.0 Å². The summed E-state index contributed by atoms with van der Waals surface area (Å²) in [5, 5.41) is 3.77. The van der Waals surface area contributed by atoms with Gasteiger partial charge in [0.05, 0.1) is 11.3 Å². The summed E-state index contributed by atoms with van der Waals surface area (Å²) in [4.78, 5) is 4.17. The van der Waals surface area contributed by atoms with Crippen molar-refractivity contribution in [3.05, 3.63) is 28.5 Å². The molecule has 0 saturated heterocycles. The van der Waals surface area contributed by atoms with Crippen LogP contribution in [0.15, 0.2) is 27.2 Å². The molecule has 6 heteroatoms. The van der Waals surface area contributed by atoms with E-state index >= 15 is 0 Å². The summed E-state index contributed by atoms with van der Waals surface area (Å²) in [5.41, 5.74) is 7.18. The number of anilines is 1. The molecular formula is C10H10BrN3O2. The van der Waals surface area contributed by atoms with E-state index in [1.165, 1.54) is 0 Å². The highest BCUT2D eigenvalue weighted by Crippen LogP contribution is 2.30. The predicted molar refractivity (Wildman–Crippen MR) is 62.6 cm³/mol. The van der Waals surface area contributed by atoms with Gasteiger partial charge in [-0.25, -0.2) is 0 Å². The number of nitrogens with two attached hydrogens (primary N) is 1. The number of hydrogen-bond donors (Lipinski definition) is 1. The monoisotopic (exact) mass is 283 g/mol. The third kappa shape index (κ3) is 2.07. The second-order valence-corrected chi connectivity index (χ2v) is 4.00. The van der Waals surface area contributed by atoms with Crippen molar-refractivity contribution in [3.8, 4) is 11.5 Å². The van der Waals surface area contributed by atoms with E-state index in [1.54, 1.807) is 7.11 Å². The number of rotatable bonds is 3. The molecule has 0 atom stereocenters. The Kier molecular flexibility index (Phi) is 3.21. The van der Waals surface area contributed by atoms with Gasteiger partial charge in [-0.15, -0.1) is 0 Å². The van der Waals surface area contributed by atoms with Crippen molar-refractivity contribution >= 4 is 21.6 Å². The SMILES string of the molecule is COCc1noc(-c2cccc(Br)c2N)n1.